The normalized spacial score (nSPS) is 14.5. The Morgan fingerprint density at radius 3 is 2.14 bits per heavy atom. The van der Waals surface area contributed by atoms with E-state index < -0.39 is 17.8 Å². The number of alkyl halides is 3. The van der Waals surface area contributed by atoms with Gasteiger partial charge in [-0.25, -0.2) is 0 Å². The maximum atomic E-state index is 13.0. The van der Waals surface area contributed by atoms with Crippen LogP contribution in [0.5, 0.6) is 0 Å². The molecule has 0 fully saturated rings. The van der Waals surface area contributed by atoms with Crippen LogP contribution in [0.3, 0.4) is 0 Å². The molecule has 3 aromatic rings. The first-order valence-corrected chi connectivity index (χ1v) is 8.90. The van der Waals surface area contributed by atoms with E-state index in [0.29, 0.717) is 22.3 Å². The quantitative estimate of drug-likeness (QED) is 0.564. The van der Waals surface area contributed by atoms with Crippen molar-refractivity contribution < 1.29 is 27.9 Å². The Morgan fingerprint density at radius 2 is 1.55 bits per heavy atom. The van der Waals surface area contributed by atoms with Crippen LogP contribution in [0.1, 0.15) is 54.8 Å². The molecule has 1 N–H and O–H groups in total. The molecule has 7 heteroatoms. The molecule has 0 radical (unpaired) electrons. The van der Waals surface area contributed by atoms with Gasteiger partial charge in [0.1, 0.15) is 5.69 Å². The summed E-state index contributed by atoms with van der Waals surface area (Å²) in [5.41, 5.74) is 1.10. The van der Waals surface area contributed by atoms with E-state index in [9.17, 15) is 27.9 Å². The minimum Gasteiger partial charge on any atom is -0.388 e. The van der Waals surface area contributed by atoms with Crippen molar-refractivity contribution in [2.24, 2.45) is 7.05 Å². The fourth-order valence-corrected chi connectivity index (χ4v) is 3.73. The van der Waals surface area contributed by atoms with Gasteiger partial charge < -0.3 is 9.67 Å². The number of hydrogen-bond acceptors (Lipinski definition) is 3. The van der Waals surface area contributed by atoms with Crippen molar-refractivity contribution in [3.8, 4) is 0 Å². The average Bonchev–Trinajstić information content (AvgIpc) is 3.01. The Morgan fingerprint density at radius 1 is 0.966 bits per heavy atom. The molecule has 29 heavy (non-hydrogen) atoms. The number of aliphatic hydroxyl groups is 1. The van der Waals surface area contributed by atoms with Crippen molar-refractivity contribution >= 4 is 11.6 Å². The van der Waals surface area contributed by atoms with E-state index in [4.69, 9.17) is 0 Å². The molecule has 1 aliphatic carbocycles. The average molecular weight is 399 g/mol. The smallest absolute Gasteiger partial charge is 0.388 e. The van der Waals surface area contributed by atoms with Crippen LogP contribution in [0.25, 0.3) is 0 Å². The fraction of sp³-hybridized carbons (Fsp3) is 0.182. The number of aliphatic hydroxyl groups excluding tert-OH is 1. The fourth-order valence-electron chi connectivity index (χ4n) is 3.73. The molecule has 0 saturated heterocycles. The Balaban J connectivity index is 1.68. The molecule has 4 nitrogen and oxygen atoms in total. The molecule has 0 saturated carbocycles. The third-order valence-electron chi connectivity index (χ3n) is 5.15. The monoisotopic (exact) mass is 399 g/mol. The number of halogens is 3. The standard InChI is InChI=1S/C22H16F3NO3/c1-26-11-13(10-17(27)12-6-8-14(9-7-12)22(23,24)25)18-19(26)21(29)16-5-3-2-4-15(16)20(18)28/h2-9,11,17,27H,10H2,1H3. The van der Waals surface area contributed by atoms with Crippen molar-refractivity contribution in [1.29, 1.82) is 0 Å². The Labute approximate surface area is 164 Å². The molecule has 0 aliphatic heterocycles. The molecule has 4 rings (SSSR count). The summed E-state index contributed by atoms with van der Waals surface area (Å²) >= 11 is 0. The number of hydrogen-bond donors (Lipinski definition) is 1. The minimum atomic E-state index is -4.46. The number of carbonyl (C=O) groups is 2. The van der Waals surface area contributed by atoms with E-state index in [1.165, 1.54) is 12.1 Å². The van der Waals surface area contributed by atoms with Crippen molar-refractivity contribution in [3.63, 3.8) is 0 Å². The summed E-state index contributed by atoms with van der Waals surface area (Å²) in [6.07, 6.45) is -3.97. The second-order valence-electron chi connectivity index (χ2n) is 7.03. The number of fused-ring (bicyclic) bond motifs is 2. The molecule has 1 unspecified atom stereocenters. The highest BCUT2D eigenvalue weighted by molar-refractivity contribution is 6.28. The number of aryl methyl sites for hydroxylation is 1. The van der Waals surface area contributed by atoms with Crippen LogP contribution >= 0.6 is 0 Å². The third kappa shape index (κ3) is 3.17. The SMILES string of the molecule is Cn1cc(CC(O)c2ccc(C(F)(F)F)cc2)c2c1C(=O)c1ccccc1C2=O. The van der Waals surface area contributed by atoms with E-state index >= 15 is 0 Å². The van der Waals surface area contributed by atoms with Crippen LogP contribution in [0, 0.1) is 0 Å². The molecule has 2 aromatic carbocycles. The molecule has 1 aromatic heterocycles. The number of nitrogens with zero attached hydrogens (tertiary/aromatic N) is 1. The highest BCUT2D eigenvalue weighted by atomic mass is 19.4. The molecular weight excluding hydrogens is 383 g/mol. The number of ketones is 2. The van der Waals surface area contributed by atoms with Gasteiger partial charge in [0.05, 0.1) is 17.2 Å². The summed E-state index contributed by atoms with van der Waals surface area (Å²) < 4.78 is 39.7. The van der Waals surface area contributed by atoms with E-state index in [0.717, 1.165) is 12.1 Å². The summed E-state index contributed by atoms with van der Waals surface area (Å²) in [5, 5.41) is 10.5. The molecular formula is C22H16F3NO3. The molecule has 148 valence electrons. The first-order chi connectivity index (χ1) is 13.7. The van der Waals surface area contributed by atoms with Gasteiger partial charge in [-0.2, -0.15) is 13.2 Å². The van der Waals surface area contributed by atoms with Gasteiger partial charge in [-0.15, -0.1) is 0 Å². The minimum absolute atomic E-state index is 0.00424. The molecule has 1 atom stereocenters. The summed E-state index contributed by atoms with van der Waals surface area (Å²) in [6.45, 7) is 0. The van der Waals surface area contributed by atoms with Gasteiger partial charge in [0.2, 0.25) is 5.78 Å². The van der Waals surface area contributed by atoms with Crippen LogP contribution in [-0.4, -0.2) is 21.2 Å². The van der Waals surface area contributed by atoms with Crippen LogP contribution in [0.4, 0.5) is 13.2 Å². The molecule has 0 bridgehead atoms. The lowest BCUT2D eigenvalue weighted by Gasteiger charge is -2.17. The second kappa shape index (κ2) is 6.70. The summed E-state index contributed by atoms with van der Waals surface area (Å²) in [7, 11) is 1.64. The van der Waals surface area contributed by atoms with Gasteiger partial charge in [-0.1, -0.05) is 36.4 Å². The molecule has 1 aliphatic rings. The topological polar surface area (TPSA) is 59.3 Å². The predicted molar refractivity (Wildman–Crippen MR) is 98.8 cm³/mol. The lowest BCUT2D eigenvalue weighted by atomic mass is 9.85. The van der Waals surface area contributed by atoms with Crippen molar-refractivity contribution in [2.45, 2.75) is 18.7 Å². The highest BCUT2D eigenvalue weighted by Crippen LogP contribution is 2.34. The van der Waals surface area contributed by atoms with E-state index in [1.807, 2.05) is 0 Å². The van der Waals surface area contributed by atoms with E-state index in [-0.39, 0.29) is 29.2 Å². The summed E-state index contributed by atoms with van der Waals surface area (Å²) in [6, 6.07) is 10.8. The maximum absolute atomic E-state index is 13.0. The maximum Gasteiger partial charge on any atom is 0.416 e. The van der Waals surface area contributed by atoms with Crippen molar-refractivity contribution in [3.05, 3.63) is 93.8 Å². The Bertz CT molecular complexity index is 1130. The van der Waals surface area contributed by atoms with Crippen molar-refractivity contribution in [2.75, 3.05) is 0 Å². The first kappa shape index (κ1) is 19.1. The molecule has 1 heterocycles. The van der Waals surface area contributed by atoms with Gasteiger partial charge >= 0.3 is 6.18 Å². The van der Waals surface area contributed by atoms with E-state index in [1.54, 1.807) is 42.1 Å². The third-order valence-corrected chi connectivity index (χ3v) is 5.15. The zero-order valence-electron chi connectivity index (χ0n) is 15.3. The zero-order valence-corrected chi connectivity index (χ0v) is 15.3. The number of rotatable bonds is 3. The van der Waals surface area contributed by atoms with Gasteiger partial charge in [0.25, 0.3) is 0 Å². The lowest BCUT2D eigenvalue weighted by molar-refractivity contribution is -0.137. The second-order valence-corrected chi connectivity index (χ2v) is 7.03. The Kier molecular flexibility index (Phi) is 4.42. The van der Waals surface area contributed by atoms with Gasteiger partial charge in [-0.3, -0.25) is 9.59 Å². The van der Waals surface area contributed by atoms with Gasteiger partial charge in [-0.05, 0) is 23.3 Å². The van der Waals surface area contributed by atoms with Crippen LogP contribution in [0.15, 0.2) is 54.7 Å². The Hall–Kier alpha value is -3.19. The highest BCUT2D eigenvalue weighted by Gasteiger charge is 2.35. The molecule has 0 spiro atoms. The largest absolute Gasteiger partial charge is 0.416 e. The van der Waals surface area contributed by atoms with Crippen LogP contribution < -0.4 is 0 Å². The van der Waals surface area contributed by atoms with Gasteiger partial charge in [0, 0.05) is 30.8 Å². The molecule has 0 amide bonds. The predicted octanol–water partition coefficient (Wildman–Crippen LogP) is 4.10. The summed E-state index contributed by atoms with van der Waals surface area (Å²) in [5.74, 6) is -0.571. The van der Waals surface area contributed by atoms with Crippen LogP contribution in [-0.2, 0) is 19.6 Å². The number of benzene rings is 2. The van der Waals surface area contributed by atoms with Crippen molar-refractivity contribution in [1.82, 2.24) is 4.57 Å². The lowest BCUT2D eigenvalue weighted by Crippen LogP contribution is -2.23. The van der Waals surface area contributed by atoms with E-state index in [2.05, 4.69) is 0 Å². The van der Waals surface area contributed by atoms with Gasteiger partial charge in [0.15, 0.2) is 5.78 Å². The summed E-state index contributed by atoms with van der Waals surface area (Å²) in [4.78, 5) is 25.8. The van der Waals surface area contributed by atoms with Crippen LogP contribution in [0.2, 0.25) is 0 Å². The first-order valence-electron chi connectivity index (χ1n) is 8.90. The number of carbonyl (C=O) groups excluding carboxylic acids is 2. The number of aromatic nitrogens is 1. The zero-order chi connectivity index (χ0) is 20.9.